The van der Waals surface area contributed by atoms with E-state index in [-0.39, 0.29) is 11.3 Å². The van der Waals surface area contributed by atoms with Crippen molar-refractivity contribution in [3.8, 4) is 11.5 Å². The van der Waals surface area contributed by atoms with Crippen molar-refractivity contribution in [1.29, 1.82) is 0 Å². The van der Waals surface area contributed by atoms with Crippen LogP contribution in [0.2, 0.25) is 5.02 Å². The maximum absolute atomic E-state index is 12.7. The number of hydrogen-bond donors (Lipinski definition) is 1. The molecule has 7 heteroatoms. The van der Waals surface area contributed by atoms with E-state index in [1.807, 2.05) is 48.5 Å². The summed E-state index contributed by atoms with van der Waals surface area (Å²) >= 11 is 7.80. The Balaban J connectivity index is 1.32. The Morgan fingerprint density at radius 3 is 2.33 bits per heavy atom. The number of halogens is 1. The fourth-order valence-corrected chi connectivity index (χ4v) is 5.68. The van der Waals surface area contributed by atoms with E-state index >= 15 is 0 Å². The van der Waals surface area contributed by atoms with E-state index in [1.54, 1.807) is 11.8 Å². The number of nitrogens with one attached hydrogen (secondary N) is 1. The van der Waals surface area contributed by atoms with Gasteiger partial charge in [0.05, 0.1) is 11.8 Å². The third kappa shape index (κ3) is 5.06. The van der Waals surface area contributed by atoms with Crippen molar-refractivity contribution in [3.63, 3.8) is 0 Å². The highest BCUT2D eigenvalue weighted by atomic mass is 35.5. The number of rotatable bonds is 8. The number of carbonyl (C=O) groups is 1. The molecule has 1 amide bonds. The molecule has 184 valence electrons. The van der Waals surface area contributed by atoms with Gasteiger partial charge in [0.25, 0.3) is 5.89 Å². The van der Waals surface area contributed by atoms with Gasteiger partial charge in [-0.15, -0.1) is 11.8 Å². The Labute approximate surface area is 220 Å². The quantitative estimate of drug-likeness (QED) is 0.247. The molecule has 1 aromatic heterocycles. The van der Waals surface area contributed by atoms with E-state index in [1.165, 1.54) is 10.5 Å². The van der Waals surface area contributed by atoms with Crippen molar-refractivity contribution in [2.24, 2.45) is 0 Å². The second-order valence-electron chi connectivity index (χ2n) is 9.30. The number of carbonyl (C=O) groups excluding carboxylic acids is 1. The number of amides is 1. The molecular weight excluding hydrogens is 490 g/mol. The molecule has 0 atom stereocenters. The van der Waals surface area contributed by atoms with Crippen molar-refractivity contribution >= 4 is 35.0 Å². The maximum atomic E-state index is 12.7. The van der Waals surface area contributed by atoms with Gasteiger partial charge in [0.15, 0.2) is 5.82 Å². The molecule has 1 N–H and O–H groups in total. The van der Waals surface area contributed by atoms with Crippen LogP contribution in [0.15, 0.2) is 70.1 Å². The normalized spacial score (nSPS) is 14.0. The fraction of sp³-hybridized carbons (Fsp3) is 0.276. The van der Waals surface area contributed by atoms with Crippen molar-refractivity contribution in [3.05, 3.63) is 93.8 Å². The van der Waals surface area contributed by atoms with Crippen LogP contribution < -0.4 is 5.32 Å². The van der Waals surface area contributed by atoms with Gasteiger partial charge in [-0.05, 0) is 103 Å². The molecule has 4 aromatic rings. The minimum atomic E-state index is -0.247. The number of nitrogens with zero attached hydrogens (tertiary/aromatic N) is 2. The SMILES string of the molecule is CCSc1ccc(CC(=O)Nc2cc(C)c(C3(c4noc(-c5ccc(Cl)cc5)n4)CC3)c(C)c2)cc1. The first-order chi connectivity index (χ1) is 17.4. The minimum absolute atomic E-state index is 0.0237. The lowest BCUT2D eigenvalue weighted by Gasteiger charge is -2.19. The molecule has 0 spiro atoms. The van der Waals surface area contributed by atoms with Gasteiger partial charge < -0.3 is 9.84 Å². The van der Waals surface area contributed by atoms with Crippen LogP contribution in [-0.2, 0) is 16.6 Å². The Bertz CT molecular complexity index is 1370. The van der Waals surface area contributed by atoms with Gasteiger partial charge in [-0.25, -0.2) is 0 Å². The topological polar surface area (TPSA) is 68.0 Å². The number of anilines is 1. The van der Waals surface area contributed by atoms with Crippen molar-refractivity contribution in [1.82, 2.24) is 10.1 Å². The lowest BCUT2D eigenvalue weighted by molar-refractivity contribution is -0.115. The highest BCUT2D eigenvalue weighted by Gasteiger charge is 2.51. The number of thioether (sulfide) groups is 1. The van der Waals surface area contributed by atoms with Crippen molar-refractivity contribution in [2.75, 3.05) is 11.1 Å². The van der Waals surface area contributed by atoms with E-state index in [9.17, 15) is 4.79 Å². The Kier molecular flexibility index (Phi) is 6.91. The van der Waals surface area contributed by atoms with E-state index in [0.29, 0.717) is 23.2 Å². The first-order valence-corrected chi connectivity index (χ1v) is 13.5. The summed E-state index contributed by atoms with van der Waals surface area (Å²) in [7, 11) is 0. The molecule has 5 rings (SSSR count). The predicted molar refractivity (Wildman–Crippen MR) is 146 cm³/mol. The average Bonchev–Trinajstić information content (AvgIpc) is 3.47. The monoisotopic (exact) mass is 517 g/mol. The number of hydrogen-bond acceptors (Lipinski definition) is 5. The van der Waals surface area contributed by atoms with E-state index in [2.05, 4.69) is 43.4 Å². The molecule has 0 radical (unpaired) electrons. The summed E-state index contributed by atoms with van der Waals surface area (Å²) in [6, 6.07) is 19.7. The molecule has 0 bridgehead atoms. The molecule has 0 unspecified atom stereocenters. The molecule has 0 saturated heterocycles. The summed E-state index contributed by atoms with van der Waals surface area (Å²) in [6.45, 7) is 6.30. The summed E-state index contributed by atoms with van der Waals surface area (Å²) in [6.07, 6.45) is 2.27. The lowest BCUT2D eigenvalue weighted by Crippen LogP contribution is -2.17. The number of benzene rings is 3. The van der Waals surface area contributed by atoms with Gasteiger partial charge in [-0.2, -0.15) is 4.98 Å². The largest absolute Gasteiger partial charge is 0.334 e. The van der Waals surface area contributed by atoms with Gasteiger partial charge in [0.1, 0.15) is 0 Å². The average molecular weight is 518 g/mol. The summed E-state index contributed by atoms with van der Waals surface area (Å²) < 4.78 is 5.61. The smallest absolute Gasteiger partial charge is 0.257 e. The molecular formula is C29H28ClN3O2S. The van der Waals surface area contributed by atoms with E-state index < -0.39 is 0 Å². The predicted octanol–water partition coefficient (Wildman–Crippen LogP) is 7.38. The van der Waals surface area contributed by atoms with Crippen LogP contribution in [0.4, 0.5) is 5.69 Å². The van der Waals surface area contributed by atoms with Crippen molar-refractivity contribution in [2.45, 2.75) is 50.3 Å². The second-order valence-corrected chi connectivity index (χ2v) is 11.1. The van der Waals surface area contributed by atoms with Gasteiger partial charge in [0, 0.05) is 21.2 Å². The molecule has 1 fully saturated rings. The lowest BCUT2D eigenvalue weighted by atomic mass is 9.87. The van der Waals surface area contributed by atoms with E-state index in [0.717, 1.165) is 46.5 Å². The Hall–Kier alpha value is -3.09. The minimum Gasteiger partial charge on any atom is -0.334 e. The molecule has 36 heavy (non-hydrogen) atoms. The summed E-state index contributed by atoms with van der Waals surface area (Å²) in [4.78, 5) is 18.7. The van der Waals surface area contributed by atoms with Crippen LogP contribution in [0.1, 0.15) is 47.8 Å². The van der Waals surface area contributed by atoms with Crippen LogP contribution in [0.5, 0.6) is 0 Å². The number of aromatic nitrogens is 2. The first-order valence-electron chi connectivity index (χ1n) is 12.1. The van der Waals surface area contributed by atoms with Gasteiger partial charge in [-0.1, -0.05) is 35.8 Å². The molecule has 0 aliphatic heterocycles. The first kappa shape index (κ1) is 24.6. The Morgan fingerprint density at radius 1 is 1.06 bits per heavy atom. The highest BCUT2D eigenvalue weighted by molar-refractivity contribution is 7.99. The van der Waals surface area contributed by atoms with Crippen LogP contribution in [0, 0.1) is 13.8 Å². The van der Waals surface area contributed by atoms with Crippen LogP contribution in [-0.4, -0.2) is 21.8 Å². The maximum Gasteiger partial charge on any atom is 0.257 e. The van der Waals surface area contributed by atoms with Crippen molar-refractivity contribution < 1.29 is 9.32 Å². The third-order valence-electron chi connectivity index (χ3n) is 6.59. The standard InChI is InChI=1S/C29H28ClN3O2S/c1-4-36-24-11-5-20(6-12-24)17-25(34)31-23-15-18(2)26(19(3)16-23)29(13-14-29)28-32-27(35-33-28)21-7-9-22(30)10-8-21/h5-12,15-16H,4,13-14,17H2,1-3H3,(H,31,34). The van der Waals surface area contributed by atoms with Gasteiger partial charge in [0.2, 0.25) is 5.91 Å². The molecule has 1 heterocycles. The van der Waals surface area contributed by atoms with Crippen LogP contribution in [0.3, 0.4) is 0 Å². The fourth-order valence-electron chi connectivity index (χ4n) is 4.89. The molecule has 1 aliphatic rings. The molecule has 1 saturated carbocycles. The highest BCUT2D eigenvalue weighted by Crippen LogP contribution is 2.54. The molecule has 5 nitrogen and oxygen atoms in total. The van der Waals surface area contributed by atoms with E-state index in [4.69, 9.17) is 21.1 Å². The summed E-state index contributed by atoms with van der Waals surface area (Å²) in [5, 5.41) is 8.10. The van der Waals surface area contributed by atoms with Gasteiger partial charge in [-0.3, -0.25) is 4.79 Å². The number of aryl methyl sites for hydroxylation is 2. The zero-order chi connectivity index (χ0) is 25.3. The Morgan fingerprint density at radius 2 is 1.72 bits per heavy atom. The van der Waals surface area contributed by atoms with Crippen LogP contribution >= 0.6 is 23.4 Å². The zero-order valence-electron chi connectivity index (χ0n) is 20.6. The molecule has 1 aliphatic carbocycles. The van der Waals surface area contributed by atoms with Crippen LogP contribution in [0.25, 0.3) is 11.5 Å². The second kappa shape index (κ2) is 10.1. The molecule has 3 aromatic carbocycles. The third-order valence-corrected chi connectivity index (χ3v) is 7.74. The zero-order valence-corrected chi connectivity index (χ0v) is 22.2. The summed E-state index contributed by atoms with van der Waals surface area (Å²) in [5.74, 6) is 2.21. The van der Waals surface area contributed by atoms with Gasteiger partial charge >= 0.3 is 0 Å². The summed E-state index contributed by atoms with van der Waals surface area (Å²) in [5.41, 5.74) is 5.85.